The van der Waals surface area contributed by atoms with Crippen LogP contribution in [0.25, 0.3) is 11.0 Å². The van der Waals surface area contributed by atoms with Gasteiger partial charge < -0.3 is 14.9 Å². The first-order valence-electron chi connectivity index (χ1n) is 9.93. The summed E-state index contributed by atoms with van der Waals surface area (Å²) in [6, 6.07) is 9.92. The van der Waals surface area contributed by atoms with E-state index in [0.717, 1.165) is 0 Å². The Morgan fingerprint density at radius 2 is 1.61 bits per heavy atom. The number of amides is 1. The molecule has 0 saturated carbocycles. The molecule has 1 aromatic heterocycles. The number of aromatic amines is 2. The largest absolute Gasteiger partial charge is 0.401 e. The lowest BCUT2D eigenvalue weighted by atomic mass is 10.1. The zero-order valence-electron chi connectivity index (χ0n) is 17.1. The summed E-state index contributed by atoms with van der Waals surface area (Å²) >= 11 is 0. The molecule has 1 aliphatic rings. The molecule has 1 saturated heterocycles. The highest BCUT2D eigenvalue weighted by Crippen LogP contribution is 2.21. The Bertz CT molecular complexity index is 1320. The number of anilines is 1. The molecule has 0 spiro atoms. The summed E-state index contributed by atoms with van der Waals surface area (Å²) in [4.78, 5) is 31.7. The smallest absolute Gasteiger partial charge is 0.336 e. The fourth-order valence-corrected chi connectivity index (χ4v) is 4.70. The summed E-state index contributed by atoms with van der Waals surface area (Å²) in [5.74, 6) is -0.335. The molecule has 0 atom stereocenters. The summed E-state index contributed by atoms with van der Waals surface area (Å²) in [5.41, 5.74) is 0.896. The maximum Gasteiger partial charge on any atom is 0.401 e. The van der Waals surface area contributed by atoms with Crippen molar-refractivity contribution < 1.29 is 26.4 Å². The van der Waals surface area contributed by atoms with Crippen molar-refractivity contribution in [3.63, 3.8) is 0 Å². The van der Waals surface area contributed by atoms with Crippen LogP contribution in [-0.2, 0) is 10.0 Å². The molecule has 3 aromatic rings. The molecule has 4 rings (SSSR count). The van der Waals surface area contributed by atoms with E-state index >= 15 is 0 Å². The van der Waals surface area contributed by atoms with Crippen molar-refractivity contribution in [2.24, 2.45) is 0 Å². The number of nitrogens with one attached hydrogen (secondary N) is 3. The number of hydrogen-bond donors (Lipinski definition) is 3. The molecular formula is C20H20F3N5O4S. The number of sulfonamides is 1. The fraction of sp³-hybridized carbons (Fsp3) is 0.300. The van der Waals surface area contributed by atoms with Gasteiger partial charge in [0, 0.05) is 37.4 Å². The Hall–Kier alpha value is -3.32. The second kappa shape index (κ2) is 8.56. The molecule has 0 bridgehead atoms. The zero-order chi connectivity index (χ0) is 23.8. The fourth-order valence-electron chi connectivity index (χ4n) is 3.62. The van der Waals surface area contributed by atoms with Gasteiger partial charge in [-0.3, -0.25) is 14.4 Å². The molecule has 13 heteroatoms. The molecule has 2 aromatic carbocycles. The molecule has 0 unspecified atom stereocenters. The Morgan fingerprint density at radius 3 is 2.24 bits per heavy atom. The minimum atomic E-state index is -4.28. The number of rotatable bonds is 5. The number of nitrogens with zero attached hydrogens (tertiary/aromatic N) is 2. The average Bonchev–Trinajstić information content (AvgIpc) is 3.12. The van der Waals surface area contributed by atoms with Crippen LogP contribution in [0.2, 0.25) is 0 Å². The van der Waals surface area contributed by atoms with Gasteiger partial charge in [-0.25, -0.2) is 13.2 Å². The van der Waals surface area contributed by atoms with Crippen LogP contribution >= 0.6 is 0 Å². The van der Waals surface area contributed by atoms with Gasteiger partial charge in [0.15, 0.2) is 0 Å². The van der Waals surface area contributed by atoms with Crippen LogP contribution in [-0.4, -0.2) is 73.0 Å². The second-order valence-corrected chi connectivity index (χ2v) is 9.34. The first-order chi connectivity index (χ1) is 15.5. The van der Waals surface area contributed by atoms with E-state index in [0.29, 0.717) is 16.6 Å². The molecular weight excluding hydrogens is 463 g/mol. The highest BCUT2D eigenvalue weighted by Gasteiger charge is 2.33. The average molecular weight is 483 g/mol. The van der Waals surface area contributed by atoms with Gasteiger partial charge in [-0.1, -0.05) is 0 Å². The maximum atomic E-state index is 12.7. The number of carbonyl (C=O) groups is 1. The number of hydrogen-bond acceptors (Lipinski definition) is 5. The van der Waals surface area contributed by atoms with E-state index in [2.05, 4.69) is 14.7 Å². The van der Waals surface area contributed by atoms with Crippen molar-refractivity contribution in [3.8, 4) is 0 Å². The van der Waals surface area contributed by atoms with Gasteiger partial charge in [0.2, 0.25) is 0 Å². The molecule has 176 valence electrons. The number of halogens is 3. The summed E-state index contributed by atoms with van der Waals surface area (Å²) in [7, 11) is -3.95. The van der Waals surface area contributed by atoms with Crippen molar-refractivity contribution in [2.75, 3.05) is 37.4 Å². The topological polar surface area (TPSA) is 118 Å². The third-order valence-corrected chi connectivity index (χ3v) is 6.62. The summed E-state index contributed by atoms with van der Waals surface area (Å²) < 4.78 is 65.3. The number of carbonyl (C=O) groups excluding carboxylic acids is 1. The van der Waals surface area contributed by atoms with Crippen molar-refractivity contribution in [2.45, 2.75) is 11.1 Å². The predicted molar refractivity (Wildman–Crippen MR) is 115 cm³/mol. The highest BCUT2D eigenvalue weighted by atomic mass is 32.2. The standard InChI is InChI=1S/C20H20F3N5O4S/c21-20(22,23)12-27-7-9-28(10-8-27)18(29)13-1-3-14(4-2-13)26-33(31,32)15-5-6-16-17(11-15)25-19(30)24-16/h1-6,11,26H,7-10,12H2,(H2,24,25,30). The summed E-state index contributed by atoms with van der Waals surface area (Å²) in [6.07, 6.45) is -4.28. The van der Waals surface area contributed by atoms with Crippen LogP contribution in [0.4, 0.5) is 18.9 Å². The number of benzene rings is 2. The maximum absolute atomic E-state index is 12.7. The molecule has 1 fully saturated rings. The van der Waals surface area contributed by atoms with Crippen molar-refractivity contribution >= 4 is 32.7 Å². The molecule has 3 N–H and O–H groups in total. The van der Waals surface area contributed by atoms with Crippen molar-refractivity contribution in [1.82, 2.24) is 19.8 Å². The summed E-state index contributed by atoms with van der Waals surface area (Å²) in [6.45, 7) is -0.406. The SMILES string of the molecule is O=C(c1ccc(NS(=O)(=O)c2ccc3[nH]c(=O)[nH]c3c2)cc1)N1CCN(CC(F)(F)F)CC1. The molecule has 1 aliphatic heterocycles. The van der Waals surface area contributed by atoms with E-state index in [9.17, 15) is 31.2 Å². The van der Waals surface area contributed by atoms with Gasteiger partial charge in [-0.15, -0.1) is 0 Å². The lowest BCUT2D eigenvalue weighted by Gasteiger charge is -2.35. The van der Waals surface area contributed by atoms with Gasteiger partial charge in [-0.05, 0) is 42.5 Å². The van der Waals surface area contributed by atoms with Gasteiger partial charge >= 0.3 is 11.9 Å². The van der Waals surface area contributed by atoms with Crippen LogP contribution in [0.3, 0.4) is 0 Å². The highest BCUT2D eigenvalue weighted by molar-refractivity contribution is 7.92. The Morgan fingerprint density at radius 1 is 0.970 bits per heavy atom. The number of imidazole rings is 1. The lowest BCUT2D eigenvalue weighted by molar-refractivity contribution is -0.148. The Kier molecular flexibility index (Phi) is 5.93. The number of alkyl halides is 3. The van der Waals surface area contributed by atoms with E-state index < -0.39 is 28.4 Å². The molecule has 33 heavy (non-hydrogen) atoms. The Balaban J connectivity index is 1.40. The number of fused-ring (bicyclic) bond motifs is 1. The Labute approximate surface area is 186 Å². The van der Waals surface area contributed by atoms with Crippen LogP contribution in [0.1, 0.15) is 10.4 Å². The zero-order valence-corrected chi connectivity index (χ0v) is 18.0. The van der Waals surface area contributed by atoms with Gasteiger partial charge in [-0.2, -0.15) is 13.2 Å². The van der Waals surface area contributed by atoms with Gasteiger partial charge in [0.25, 0.3) is 15.9 Å². The van der Waals surface area contributed by atoms with E-state index in [4.69, 9.17) is 0 Å². The molecule has 2 heterocycles. The second-order valence-electron chi connectivity index (χ2n) is 7.65. The van der Waals surface area contributed by atoms with Gasteiger partial charge in [0.1, 0.15) is 0 Å². The number of aromatic nitrogens is 2. The van der Waals surface area contributed by atoms with Crippen molar-refractivity contribution in [1.29, 1.82) is 0 Å². The lowest BCUT2D eigenvalue weighted by Crippen LogP contribution is -2.50. The number of piperazine rings is 1. The van der Waals surface area contributed by atoms with E-state index in [1.165, 1.54) is 52.3 Å². The van der Waals surface area contributed by atoms with E-state index in [-0.39, 0.29) is 42.7 Å². The van der Waals surface area contributed by atoms with Gasteiger partial charge in [0.05, 0.1) is 22.5 Å². The first kappa shape index (κ1) is 22.9. The van der Waals surface area contributed by atoms with E-state index in [1.54, 1.807) is 0 Å². The molecule has 0 radical (unpaired) electrons. The van der Waals surface area contributed by atoms with Crippen molar-refractivity contribution in [3.05, 3.63) is 58.5 Å². The van der Waals surface area contributed by atoms with Crippen LogP contribution in [0.15, 0.2) is 52.2 Å². The predicted octanol–water partition coefficient (Wildman–Crippen LogP) is 1.98. The third kappa shape index (κ3) is 5.37. The molecule has 1 amide bonds. The molecule has 0 aliphatic carbocycles. The quantitative estimate of drug-likeness (QED) is 0.513. The minimum absolute atomic E-state index is 0.0536. The van der Waals surface area contributed by atoms with E-state index in [1.807, 2.05) is 0 Å². The van der Waals surface area contributed by atoms with Crippen LogP contribution < -0.4 is 10.4 Å². The first-order valence-corrected chi connectivity index (χ1v) is 11.4. The minimum Gasteiger partial charge on any atom is -0.336 e. The summed E-state index contributed by atoms with van der Waals surface area (Å²) in [5, 5.41) is 0. The van der Waals surface area contributed by atoms with Crippen LogP contribution in [0.5, 0.6) is 0 Å². The molecule has 9 nitrogen and oxygen atoms in total. The number of H-pyrrole nitrogens is 2. The third-order valence-electron chi connectivity index (χ3n) is 5.24. The monoisotopic (exact) mass is 483 g/mol. The van der Waals surface area contributed by atoms with Crippen LogP contribution in [0, 0.1) is 0 Å². The normalized spacial score (nSPS) is 15.7.